The van der Waals surface area contributed by atoms with Gasteiger partial charge in [0.1, 0.15) is 19.3 Å². The third-order valence-electron chi connectivity index (χ3n) is 17.9. The molecule has 0 saturated carbocycles. The Morgan fingerprint density at radius 3 is 0.763 bits per heavy atom. The quantitative estimate of drug-likeness (QED) is 0.0222. The SMILES string of the molecule is CCCCCCCCCCCCCCCCCC(=O)O[C@H](COC(=O)CCCCCCCCCCCCCCCC)COP(=O)(O)OC[C@@H](O)COP(=O)(O)OC[C@@H](COC(=O)CCCCCCCCCCC(C)CC)OC(=O)CCCCCCCCCCC(C)CC. The van der Waals surface area contributed by atoms with Gasteiger partial charge in [0.2, 0.25) is 0 Å². The van der Waals surface area contributed by atoms with Crippen LogP contribution in [0.4, 0.5) is 0 Å². The fourth-order valence-electron chi connectivity index (χ4n) is 11.2. The summed E-state index contributed by atoms with van der Waals surface area (Å²) in [7, 11) is -9.91. The van der Waals surface area contributed by atoms with Gasteiger partial charge in [0.15, 0.2) is 12.2 Å². The molecule has 7 atom stereocenters. The number of hydrogen-bond donors (Lipinski definition) is 3. The largest absolute Gasteiger partial charge is 0.472 e. The molecule has 0 fully saturated rings. The number of aliphatic hydroxyl groups is 1. The zero-order chi connectivity index (χ0) is 68.6. The van der Waals surface area contributed by atoms with Crippen molar-refractivity contribution in [3.63, 3.8) is 0 Å². The molecule has 0 spiro atoms. The van der Waals surface area contributed by atoms with Crippen LogP contribution in [0.25, 0.3) is 0 Å². The van der Waals surface area contributed by atoms with E-state index in [0.29, 0.717) is 25.7 Å². The first-order valence-corrected chi connectivity index (χ1v) is 41.6. The number of carbonyl (C=O) groups excluding carboxylic acids is 4. The van der Waals surface area contributed by atoms with E-state index in [-0.39, 0.29) is 25.7 Å². The van der Waals surface area contributed by atoms with Gasteiger partial charge in [-0.1, -0.05) is 330 Å². The highest BCUT2D eigenvalue weighted by Gasteiger charge is 2.30. The summed E-state index contributed by atoms with van der Waals surface area (Å²) in [6, 6.07) is 0. The molecule has 0 rings (SSSR count). The van der Waals surface area contributed by atoms with Crippen molar-refractivity contribution in [1.29, 1.82) is 0 Å². The number of esters is 4. The zero-order valence-corrected chi connectivity index (χ0v) is 62.3. The van der Waals surface area contributed by atoms with Crippen LogP contribution in [-0.4, -0.2) is 96.7 Å². The fourth-order valence-corrected chi connectivity index (χ4v) is 12.8. The first-order chi connectivity index (χ1) is 44.9. The van der Waals surface area contributed by atoms with Crippen LogP contribution >= 0.6 is 15.6 Å². The van der Waals surface area contributed by atoms with Crippen molar-refractivity contribution in [2.75, 3.05) is 39.6 Å². The Morgan fingerprint density at radius 2 is 0.516 bits per heavy atom. The molecule has 0 bridgehead atoms. The second kappa shape index (κ2) is 66.0. The van der Waals surface area contributed by atoms with E-state index >= 15 is 0 Å². The number of phosphoric ester groups is 2. The van der Waals surface area contributed by atoms with E-state index < -0.39 is 97.5 Å². The van der Waals surface area contributed by atoms with E-state index in [9.17, 15) is 43.2 Å². The average molecular weight is 1370 g/mol. The molecule has 17 nitrogen and oxygen atoms in total. The van der Waals surface area contributed by atoms with Gasteiger partial charge in [-0.25, -0.2) is 9.13 Å². The minimum Gasteiger partial charge on any atom is -0.462 e. The molecule has 0 aromatic heterocycles. The van der Waals surface area contributed by atoms with E-state index in [1.807, 2.05) is 0 Å². The number of aliphatic hydroxyl groups excluding tert-OH is 1. The molecule has 0 amide bonds. The smallest absolute Gasteiger partial charge is 0.462 e. The van der Waals surface area contributed by atoms with Crippen molar-refractivity contribution < 1.29 is 80.2 Å². The molecule has 0 heterocycles. The van der Waals surface area contributed by atoms with Crippen LogP contribution in [0.3, 0.4) is 0 Å². The molecule has 0 saturated heterocycles. The van der Waals surface area contributed by atoms with Crippen molar-refractivity contribution in [1.82, 2.24) is 0 Å². The average Bonchev–Trinajstić information content (AvgIpc) is 3.46. The van der Waals surface area contributed by atoms with Crippen LogP contribution in [0.15, 0.2) is 0 Å². The second-order valence-electron chi connectivity index (χ2n) is 27.2. The minimum atomic E-state index is -4.95. The summed E-state index contributed by atoms with van der Waals surface area (Å²) in [5.41, 5.74) is 0. The summed E-state index contributed by atoms with van der Waals surface area (Å²) in [6.45, 7) is 9.59. The molecular weight excluding hydrogens is 1220 g/mol. The molecule has 0 aliphatic rings. The van der Waals surface area contributed by atoms with Crippen molar-refractivity contribution in [3.05, 3.63) is 0 Å². The Kier molecular flexibility index (Phi) is 64.6. The Balaban J connectivity index is 5.27. The lowest BCUT2D eigenvalue weighted by Gasteiger charge is -2.21. The molecule has 0 aliphatic carbocycles. The third kappa shape index (κ3) is 65.8. The normalized spacial score (nSPS) is 14.6. The molecule has 93 heavy (non-hydrogen) atoms. The van der Waals surface area contributed by atoms with Crippen molar-refractivity contribution >= 4 is 39.5 Å². The molecule has 0 aromatic rings. The standard InChI is InChI=1S/C74H144O17P2/c1-7-11-13-15-17-19-21-23-25-27-29-31-40-46-52-58-73(78)90-69(62-84-71(76)56-50-44-38-30-28-26-24-22-20-18-16-14-12-8-2)64-88-92(80,81)86-60-68(75)61-87-93(82,83)89-65-70(91-74(79)59-53-47-41-35-33-37-43-49-55-67(6)10-4)63-85-72(77)57-51-45-39-34-32-36-42-48-54-66(5)9-3/h66-70,75H,7-65H2,1-6H3,(H,80,81)(H,82,83)/t66?,67?,68-,69-,70-/m1/s1. The van der Waals surface area contributed by atoms with Crippen molar-refractivity contribution in [2.45, 2.75) is 400 Å². The Bertz CT molecular complexity index is 1810. The monoisotopic (exact) mass is 1370 g/mol. The topological polar surface area (TPSA) is 237 Å². The first kappa shape index (κ1) is 91.1. The summed E-state index contributed by atoms with van der Waals surface area (Å²) < 4.78 is 68.5. The summed E-state index contributed by atoms with van der Waals surface area (Å²) in [6.07, 6.45) is 52.5. The van der Waals surface area contributed by atoms with Crippen LogP contribution in [-0.2, 0) is 65.4 Å². The maximum Gasteiger partial charge on any atom is 0.472 e. The Hall–Kier alpha value is -1.94. The Labute approximate surface area is 568 Å². The van der Waals surface area contributed by atoms with Gasteiger partial charge < -0.3 is 33.8 Å². The predicted octanol–water partition coefficient (Wildman–Crippen LogP) is 21.6. The fraction of sp³-hybridized carbons (Fsp3) is 0.946. The Morgan fingerprint density at radius 1 is 0.301 bits per heavy atom. The zero-order valence-electron chi connectivity index (χ0n) is 60.6. The van der Waals surface area contributed by atoms with Gasteiger partial charge in [-0.2, -0.15) is 0 Å². The molecule has 0 radical (unpaired) electrons. The van der Waals surface area contributed by atoms with E-state index in [2.05, 4.69) is 41.5 Å². The first-order valence-electron chi connectivity index (χ1n) is 38.6. The molecule has 19 heteroatoms. The van der Waals surface area contributed by atoms with E-state index in [0.717, 1.165) is 102 Å². The minimum absolute atomic E-state index is 0.105. The summed E-state index contributed by atoms with van der Waals surface area (Å²) in [5.74, 6) is -0.571. The molecular formula is C74H144O17P2. The molecule has 552 valence electrons. The van der Waals surface area contributed by atoms with Gasteiger partial charge in [-0.3, -0.25) is 37.3 Å². The highest BCUT2D eigenvalue weighted by molar-refractivity contribution is 7.47. The van der Waals surface area contributed by atoms with Gasteiger partial charge in [-0.05, 0) is 37.5 Å². The summed E-state index contributed by atoms with van der Waals surface area (Å²) in [5, 5.41) is 10.6. The molecule has 0 aromatic carbocycles. The third-order valence-corrected chi connectivity index (χ3v) is 19.8. The number of hydrogen-bond acceptors (Lipinski definition) is 15. The number of carbonyl (C=O) groups is 4. The summed E-state index contributed by atoms with van der Waals surface area (Å²) >= 11 is 0. The number of rotatable bonds is 73. The van der Waals surface area contributed by atoms with Gasteiger partial charge in [0.05, 0.1) is 26.4 Å². The van der Waals surface area contributed by atoms with Gasteiger partial charge in [0.25, 0.3) is 0 Å². The molecule has 4 unspecified atom stereocenters. The highest BCUT2D eigenvalue weighted by atomic mass is 31.2. The van der Waals surface area contributed by atoms with E-state index in [4.69, 9.17) is 37.0 Å². The lowest BCUT2D eigenvalue weighted by molar-refractivity contribution is -0.161. The van der Waals surface area contributed by atoms with Gasteiger partial charge in [-0.15, -0.1) is 0 Å². The van der Waals surface area contributed by atoms with E-state index in [1.165, 1.54) is 199 Å². The lowest BCUT2D eigenvalue weighted by atomic mass is 9.99. The van der Waals surface area contributed by atoms with Crippen LogP contribution < -0.4 is 0 Å². The van der Waals surface area contributed by atoms with Crippen LogP contribution in [0.5, 0.6) is 0 Å². The summed E-state index contributed by atoms with van der Waals surface area (Å²) in [4.78, 5) is 72.8. The maximum atomic E-state index is 13.1. The van der Waals surface area contributed by atoms with Crippen molar-refractivity contribution in [3.8, 4) is 0 Å². The van der Waals surface area contributed by atoms with Gasteiger partial charge >= 0.3 is 39.5 Å². The lowest BCUT2D eigenvalue weighted by Crippen LogP contribution is -2.30. The van der Waals surface area contributed by atoms with Crippen LogP contribution in [0.2, 0.25) is 0 Å². The van der Waals surface area contributed by atoms with E-state index in [1.54, 1.807) is 0 Å². The maximum absolute atomic E-state index is 13.1. The molecule has 0 aliphatic heterocycles. The molecule has 3 N–H and O–H groups in total. The highest BCUT2D eigenvalue weighted by Crippen LogP contribution is 2.45. The number of unbranched alkanes of at least 4 members (excludes halogenated alkanes) is 41. The van der Waals surface area contributed by atoms with Crippen molar-refractivity contribution in [2.24, 2.45) is 11.8 Å². The van der Waals surface area contributed by atoms with Gasteiger partial charge in [0, 0.05) is 25.7 Å². The van der Waals surface area contributed by atoms with Crippen LogP contribution in [0.1, 0.15) is 382 Å². The number of phosphoric acid groups is 2. The second-order valence-corrected chi connectivity index (χ2v) is 30.1. The predicted molar refractivity (Wildman–Crippen MR) is 377 cm³/mol. The number of ether oxygens (including phenoxy) is 4. The van der Waals surface area contributed by atoms with Crippen LogP contribution in [0, 0.1) is 11.8 Å².